The molecule has 0 aliphatic rings. The van der Waals surface area contributed by atoms with E-state index in [1.165, 1.54) is 22.2 Å². The molecule has 1 aromatic heterocycles. The Labute approximate surface area is 144 Å². The second-order valence-electron chi connectivity index (χ2n) is 6.24. The van der Waals surface area contributed by atoms with E-state index in [1.807, 2.05) is 24.3 Å². The van der Waals surface area contributed by atoms with Crippen molar-refractivity contribution < 1.29 is 10.2 Å². The number of aromatic nitrogens is 1. The quantitative estimate of drug-likeness (QED) is 0.436. The van der Waals surface area contributed by atoms with Crippen LogP contribution in [0.15, 0.2) is 78.9 Å². The number of phenols is 2. The van der Waals surface area contributed by atoms with Crippen molar-refractivity contribution in [1.29, 1.82) is 0 Å². The molecular formula is C22H15NO2. The van der Waals surface area contributed by atoms with Crippen molar-refractivity contribution in [3.63, 3.8) is 0 Å². The number of fused-ring (bicyclic) bond motifs is 5. The van der Waals surface area contributed by atoms with Gasteiger partial charge in [-0.2, -0.15) is 0 Å². The van der Waals surface area contributed by atoms with Crippen LogP contribution in [0.1, 0.15) is 0 Å². The van der Waals surface area contributed by atoms with Crippen molar-refractivity contribution in [1.82, 2.24) is 4.57 Å². The van der Waals surface area contributed by atoms with Crippen LogP contribution in [-0.4, -0.2) is 14.8 Å². The molecule has 0 bridgehead atoms. The fourth-order valence-corrected chi connectivity index (χ4v) is 3.73. The molecule has 0 radical (unpaired) electrons. The molecule has 0 amide bonds. The molecule has 3 nitrogen and oxygen atoms in total. The highest BCUT2D eigenvalue weighted by Gasteiger charge is 2.15. The lowest BCUT2D eigenvalue weighted by Gasteiger charge is -2.09. The highest BCUT2D eigenvalue weighted by molar-refractivity contribution is 6.21. The molecule has 25 heavy (non-hydrogen) atoms. The summed E-state index contributed by atoms with van der Waals surface area (Å²) in [4.78, 5) is 0. The largest absolute Gasteiger partial charge is 0.508 e. The number of nitrogens with zero attached hydrogens (tertiary/aromatic N) is 1. The Bertz CT molecular complexity index is 1250. The van der Waals surface area contributed by atoms with E-state index in [1.54, 1.807) is 12.1 Å². The van der Waals surface area contributed by atoms with Crippen LogP contribution in [0.25, 0.3) is 38.3 Å². The van der Waals surface area contributed by atoms with Gasteiger partial charge in [0.25, 0.3) is 0 Å². The van der Waals surface area contributed by atoms with Crippen LogP contribution in [0.3, 0.4) is 0 Å². The second-order valence-corrected chi connectivity index (χ2v) is 6.24. The molecule has 2 N–H and O–H groups in total. The molecule has 0 unspecified atom stereocenters. The summed E-state index contributed by atoms with van der Waals surface area (Å²) in [5.74, 6) is 0.0865. The predicted octanol–water partition coefficient (Wildman–Crippen LogP) is 5.35. The van der Waals surface area contributed by atoms with Crippen LogP contribution in [0.5, 0.6) is 11.5 Å². The van der Waals surface area contributed by atoms with Gasteiger partial charge in [0.15, 0.2) is 0 Å². The van der Waals surface area contributed by atoms with E-state index < -0.39 is 0 Å². The van der Waals surface area contributed by atoms with Gasteiger partial charge in [0.2, 0.25) is 0 Å². The van der Waals surface area contributed by atoms with Gasteiger partial charge in [-0.1, -0.05) is 48.5 Å². The van der Waals surface area contributed by atoms with Gasteiger partial charge in [-0.25, -0.2) is 0 Å². The van der Waals surface area contributed by atoms with Gasteiger partial charge in [0, 0.05) is 29.0 Å². The van der Waals surface area contributed by atoms with Crippen LogP contribution in [0.2, 0.25) is 0 Å². The lowest BCUT2D eigenvalue weighted by molar-refractivity contribution is 0.450. The second kappa shape index (κ2) is 5.02. The number of benzene rings is 4. The number of phenolic OH excluding ortho intramolecular Hbond substituents is 2. The molecule has 3 heteroatoms. The topological polar surface area (TPSA) is 45.4 Å². The van der Waals surface area contributed by atoms with Crippen molar-refractivity contribution >= 4 is 32.6 Å². The van der Waals surface area contributed by atoms with E-state index in [2.05, 4.69) is 41.0 Å². The Morgan fingerprint density at radius 1 is 0.600 bits per heavy atom. The van der Waals surface area contributed by atoms with Crippen molar-refractivity contribution in [2.24, 2.45) is 0 Å². The first-order valence-corrected chi connectivity index (χ1v) is 8.17. The minimum Gasteiger partial charge on any atom is -0.508 e. The minimum absolute atomic E-state index is 0.0433. The molecule has 5 rings (SSSR count). The third kappa shape index (κ3) is 1.99. The summed E-state index contributed by atoms with van der Waals surface area (Å²) in [5.41, 5.74) is 2.82. The SMILES string of the molecule is Oc1cc(O)cc(-n2c3ccccc3c3c4ccccc4ccc32)c1. The van der Waals surface area contributed by atoms with Crippen molar-refractivity contribution in [2.75, 3.05) is 0 Å². The van der Waals surface area contributed by atoms with Gasteiger partial charge in [-0.15, -0.1) is 0 Å². The van der Waals surface area contributed by atoms with E-state index in [-0.39, 0.29) is 11.5 Å². The first-order chi connectivity index (χ1) is 12.2. The van der Waals surface area contributed by atoms with E-state index in [9.17, 15) is 10.2 Å². The summed E-state index contributed by atoms with van der Waals surface area (Å²) in [6, 6.07) is 25.4. The van der Waals surface area contributed by atoms with Crippen LogP contribution in [0.4, 0.5) is 0 Å². The standard InChI is InChI=1S/C22H15NO2/c24-16-11-15(12-17(25)13-16)23-20-8-4-3-7-19(20)22-18-6-2-1-5-14(18)9-10-21(22)23/h1-13,24-25H. The van der Waals surface area contributed by atoms with E-state index in [0.717, 1.165) is 22.1 Å². The lowest BCUT2D eigenvalue weighted by Crippen LogP contribution is -1.93. The van der Waals surface area contributed by atoms with Crippen LogP contribution in [0, 0.1) is 0 Å². The molecule has 4 aromatic carbocycles. The van der Waals surface area contributed by atoms with Crippen molar-refractivity contribution in [2.45, 2.75) is 0 Å². The number of hydrogen-bond donors (Lipinski definition) is 2. The summed E-state index contributed by atoms with van der Waals surface area (Å²) in [6.07, 6.45) is 0. The summed E-state index contributed by atoms with van der Waals surface area (Å²) in [5, 5.41) is 24.6. The Kier molecular flexibility index (Phi) is 2.80. The molecule has 1 heterocycles. The Morgan fingerprint density at radius 3 is 2.08 bits per heavy atom. The van der Waals surface area contributed by atoms with Gasteiger partial charge in [-0.3, -0.25) is 0 Å². The van der Waals surface area contributed by atoms with Crippen LogP contribution in [-0.2, 0) is 0 Å². The molecule has 0 aliphatic carbocycles. The fraction of sp³-hybridized carbons (Fsp3) is 0. The summed E-state index contributed by atoms with van der Waals surface area (Å²) in [6.45, 7) is 0. The maximum atomic E-state index is 9.94. The monoisotopic (exact) mass is 325 g/mol. The molecule has 0 fully saturated rings. The number of hydrogen-bond acceptors (Lipinski definition) is 2. The Balaban J connectivity index is 2.03. The minimum atomic E-state index is 0.0433. The number of para-hydroxylation sites is 1. The molecular weight excluding hydrogens is 310 g/mol. The molecule has 0 atom stereocenters. The molecule has 0 saturated carbocycles. The van der Waals surface area contributed by atoms with Crippen LogP contribution < -0.4 is 0 Å². The third-order valence-corrected chi connectivity index (χ3v) is 4.71. The van der Waals surface area contributed by atoms with Gasteiger partial charge < -0.3 is 14.8 Å². The maximum Gasteiger partial charge on any atom is 0.121 e. The highest BCUT2D eigenvalue weighted by atomic mass is 16.3. The molecule has 0 saturated heterocycles. The lowest BCUT2D eigenvalue weighted by atomic mass is 10.0. The third-order valence-electron chi connectivity index (χ3n) is 4.71. The van der Waals surface area contributed by atoms with E-state index in [0.29, 0.717) is 0 Å². The summed E-state index contributed by atoms with van der Waals surface area (Å²) < 4.78 is 2.08. The Hall–Kier alpha value is -3.46. The average Bonchev–Trinajstić information content (AvgIpc) is 2.95. The first-order valence-electron chi connectivity index (χ1n) is 8.17. The molecule has 0 spiro atoms. The summed E-state index contributed by atoms with van der Waals surface area (Å²) >= 11 is 0. The normalized spacial score (nSPS) is 11.5. The van der Waals surface area contributed by atoms with Gasteiger partial charge in [0.05, 0.1) is 16.7 Å². The van der Waals surface area contributed by atoms with E-state index >= 15 is 0 Å². The smallest absolute Gasteiger partial charge is 0.121 e. The zero-order valence-electron chi connectivity index (χ0n) is 13.3. The zero-order chi connectivity index (χ0) is 17.0. The van der Waals surface area contributed by atoms with Gasteiger partial charge in [-0.05, 0) is 22.9 Å². The maximum absolute atomic E-state index is 9.94. The van der Waals surface area contributed by atoms with Gasteiger partial charge >= 0.3 is 0 Å². The van der Waals surface area contributed by atoms with E-state index in [4.69, 9.17) is 0 Å². The van der Waals surface area contributed by atoms with Crippen molar-refractivity contribution in [3.8, 4) is 17.2 Å². The Morgan fingerprint density at radius 2 is 1.28 bits per heavy atom. The number of aromatic hydroxyl groups is 2. The fourth-order valence-electron chi connectivity index (χ4n) is 3.73. The zero-order valence-corrected chi connectivity index (χ0v) is 13.3. The molecule has 120 valence electrons. The predicted molar refractivity (Wildman–Crippen MR) is 102 cm³/mol. The average molecular weight is 325 g/mol. The molecule has 0 aliphatic heterocycles. The molecule has 5 aromatic rings. The van der Waals surface area contributed by atoms with Crippen molar-refractivity contribution in [3.05, 3.63) is 78.9 Å². The van der Waals surface area contributed by atoms with Crippen LogP contribution >= 0.6 is 0 Å². The first kappa shape index (κ1) is 13.9. The van der Waals surface area contributed by atoms with Gasteiger partial charge in [0.1, 0.15) is 11.5 Å². The summed E-state index contributed by atoms with van der Waals surface area (Å²) in [7, 11) is 0. The number of rotatable bonds is 1. The highest BCUT2D eigenvalue weighted by Crippen LogP contribution is 2.37.